The molecule has 3 aromatic rings. The Kier molecular flexibility index (Phi) is 5.72. The summed E-state index contributed by atoms with van der Waals surface area (Å²) < 4.78 is 37.9. The van der Waals surface area contributed by atoms with Crippen LogP contribution in [0, 0.1) is 0 Å². The van der Waals surface area contributed by atoms with Gasteiger partial charge in [-0.25, -0.2) is 17.9 Å². The van der Waals surface area contributed by atoms with E-state index in [1.54, 1.807) is 23.7 Å². The van der Waals surface area contributed by atoms with Crippen LogP contribution in [0.3, 0.4) is 0 Å². The number of aromatic nitrogens is 1. The average molecular weight is 494 g/mol. The Hall–Kier alpha value is -3.28. The minimum Gasteiger partial charge on any atom is -0.495 e. The molecule has 12 heteroatoms. The number of nitrogens with one attached hydrogen (secondary N) is 2. The molecule has 0 saturated carbocycles. The van der Waals surface area contributed by atoms with Crippen molar-refractivity contribution in [2.45, 2.75) is 10.4 Å². The smallest absolute Gasteiger partial charge is 0.418 e. The van der Waals surface area contributed by atoms with E-state index >= 15 is 0 Å². The molecule has 4 rings (SSSR count). The number of benzene rings is 2. The molecular weight excluding hydrogens is 474 g/mol. The fourth-order valence-corrected chi connectivity index (χ4v) is 4.89. The van der Waals surface area contributed by atoms with Crippen LogP contribution < -0.4 is 14.8 Å². The Balaban J connectivity index is 1.63. The van der Waals surface area contributed by atoms with Gasteiger partial charge in [0.05, 0.1) is 35.8 Å². The van der Waals surface area contributed by atoms with Crippen molar-refractivity contribution >= 4 is 44.5 Å². The summed E-state index contributed by atoms with van der Waals surface area (Å²) in [6.07, 6.45) is -1.68. The molecule has 1 saturated heterocycles. The first-order chi connectivity index (χ1) is 15.6. The highest BCUT2D eigenvalue weighted by Gasteiger charge is 2.42. The number of carboxylic acid groups (broad SMARTS) is 1. The van der Waals surface area contributed by atoms with E-state index in [0.717, 1.165) is 5.52 Å². The summed E-state index contributed by atoms with van der Waals surface area (Å²) in [7, 11) is -0.940. The molecule has 0 atom stereocenters. The first-order valence-electron chi connectivity index (χ1n) is 9.66. The molecule has 0 unspecified atom stereocenters. The van der Waals surface area contributed by atoms with Gasteiger partial charge in [-0.05, 0) is 35.9 Å². The molecule has 1 aliphatic rings. The highest BCUT2D eigenvalue weighted by molar-refractivity contribution is 7.90. The molecule has 0 aliphatic carbocycles. The number of hydrogen-bond donors (Lipinski definition) is 3. The highest BCUT2D eigenvalue weighted by Crippen LogP contribution is 2.35. The maximum absolute atomic E-state index is 13.2. The summed E-state index contributed by atoms with van der Waals surface area (Å²) >= 11 is 6.40. The van der Waals surface area contributed by atoms with Gasteiger partial charge in [-0.2, -0.15) is 0 Å². The van der Waals surface area contributed by atoms with Crippen LogP contribution in [0.15, 0.2) is 47.4 Å². The fraction of sp³-hybridized carbons (Fsp3) is 0.238. The maximum atomic E-state index is 13.2. The third kappa shape index (κ3) is 3.99. The SMILES string of the molecule is COc1ccc2c(cc(C(=O)NC3(c4ccc(S(=O)(=O)NC(=O)O)cc4)COC3)n2C)c1Cl. The van der Waals surface area contributed by atoms with E-state index in [0.29, 0.717) is 27.4 Å². The van der Waals surface area contributed by atoms with Crippen molar-refractivity contribution in [2.75, 3.05) is 20.3 Å². The number of carbonyl (C=O) groups is 2. The lowest BCUT2D eigenvalue weighted by Gasteiger charge is -2.42. The first kappa shape index (κ1) is 22.9. The van der Waals surface area contributed by atoms with Crippen LogP contribution in [0.2, 0.25) is 5.02 Å². The second-order valence-corrected chi connectivity index (χ2v) is 9.63. The zero-order valence-corrected chi connectivity index (χ0v) is 19.2. The number of sulfonamides is 1. The summed E-state index contributed by atoms with van der Waals surface area (Å²) in [5.41, 5.74) is 0.883. The first-order valence-corrected chi connectivity index (χ1v) is 11.5. The van der Waals surface area contributed by atoms with E-state index in [-0.39, 0.29) is 24.0 Å². The van der Waals surface area contributed by atoms with Crippen molar-refractivity contribution < 1.29 is 32.6 Å². The van der Waals surface area contributed by atoms with Crippen molar-refractivity contribution in [2.24, 2.45) is 7.05 Å². The fourth-order valence-electron chi connectivity index (χ4n) is 3.76. The zero-order chi connectivity index (χ0) is 24.0. The van der Waals surface area contributed by atoms with Gasteiger partial charge in [0.2, 0.25) is 0 Å². The van der Waals surface area contributed by atoms with E-state index < -0.39 is 21.7 Å². The van der Waals surface area contributed by atoms with Crippen molar-refractivity contribution in [3.8, 4) is 5.75 Å². The number of fused-ring (bicyclic) bond motifs is 1. The lowest BCUT2D eigenvalue weighted by Crippen LogP contribution is -2.59. The van der Waals surface area contributed by atoms with Gasteiger partial charge in [-0.1, -0.05) is 23.7 Å². The molecule has 2 aromatic carbocycles. The molecule has 3 N–H and O–H groups in total. The molecule has 10 nitrogen and oxygen atoms in total. The molecule has 2 heterocycles. The second-order valence-electron chi connectivity index (χ2n) is 7.57. The van der Waals surface area contributed by atoms with Crippen molar-refractivity contribution in [1.82, 2.24) is 14.6 Å². The number of nitrogens with zero attached hydrogens (tertiary/aromatic N) is 1. The Morgan fingerprint density at radius 3 is 2.39 bits per heavy atom. The molecule has 1 aliphatic heterocycles. The Labute approximate surface area is 194 Å². The summed E-state index contributed by atoms with van der Waals surface area (Å²) in [5, 5.41) is 12.8. The van der Waals surface area contributed by atoms with Crippen LogP contribution in [0.5, 0.6) is 5.75 Å². The van der Waals surface area contributed by atoms with E-state index in [9.17, 15) is 18.0 Å². The largest absolute Gasteiger partial charge is 0.495 e. The van der Waals surface area contributed by atoms with Gasteiger partial charge in [0, 0.05) is 12.4 Å². The number of methoxy groups -OCH3 is 1. The Morgan fingerprint density at radius 1 is 1.18 bits per heavy atom. The molecule has 1 aromatic heterocycles. The van der Waals surface area contributed by atoms with Crippen LogP contribution in [0.4, 0.5) is 4.79 Å². The van der Waals surface area contributed by atoms with Crippen LogP contribution in [0.25, 0.3) is 10.9 Å². The standard InChI is InChI=1S/C21H20ClN3O7S/c1-25-15-7-8-17(31-2)18(22)14(15)9-16(25)19(26)23-21(10-32-11-21)12-3-5-13(6-4-12)33(29,30)24-20(27)28/h3-9,24H,10-11H2,1-2H3,(H,23,26)(H,27,28). The molecule has 1 fully saturated rings. The Bertz CT molecular complexity index is 1360. The maximum Gasteiger partial charge on any atom is 0.418 e. The topological polar surface area (TPSA) is 136 Å². The minimum absolute atomic E-state index is 0.191. The monoisotopic (exact) mass is 493 g/mol. The lowest BCUT2D eigenvalue weighted by molar-refractivity contribution is -0.0735. The van der Waals surface area contributed by atoms with Gasteiger partial charge in [-0.15, -0.1) is 0 Å². The van der Waals surface area contributed by atoms with Gasteiger partial charge in [0.15, 0.2) is 0 Å². The third-order valence-electron chi connectivity index (χ3n) is 5.57. The van der Waals surface area contributed by atoms with Crippen LogP contribution >= 0.6 is 11.6 Å². The van der Waals surface area contributed by atoms with Gasteiger partial charge in [-0.3, -0.25) is 4.79 Å². The summed E-state index contributed by atoms with van der Waals surface area (Å²) in [4.78, 5) is 23.7. The number of hydrogen-bond acceptors (Lipinski definition) is 6. The minimum atomic E-state index is -4.20. The number of halogens is 1. The van der Waals surface area contributed by atoms with E-state index in [4.69, 9.17) is 26.2 Å². The average Bonchev–Trinajstić information content (AvgIpc) is 3.08. The summed E-state index contributed by atoms with van der Waals surface area (Å²) in [6, 6.07) is 10.8. The number of carbonyl (C=O) groups excluding carboxylic acids is 1. The predicted octanol–water partition coefficient (Wildman–Crippen LogP) is 2.45. The second kappa shape index (κ2) is 8.25. The molecule has 0 bridgehead atoms. The van der Waals surface area contributed by atoms with Crippen molar-refractivity contribution in [3.63, 3.8) is 0 Å². The molecule has 0 radical (unpaired) electrons. The normalized spacial score (nSPS) is 15.0. The molecule has 33 heavy (non-hydrogen) atoms. The van der Waals surface area contributed by atoms with E-state index in [2.05, 4.69) is 5.32 Å². The van der Waals surface area contributed by atoms with E-state index in [1.807, 2.05) is 6.07 Å². The van der Waals surface area contributed by atoms with Crippen LogP contribution in [-0.2, 0) is 27.3 Å². The number of rotatable bonds is 6. The van der Waals surface area contributed by atoms with Gasteiger partial charge >= 0.3 is 6.09 Å². The molecule has 174 valence electrons. The van der Waals surface area contributed by atoms with Crippen molar-refractivity contribution in [3.05, 3.63) is 58.7 Å². The third-order valence-corrected chi connectivity index (χ3v) is 7.29. The Morgan fingerprint density at radius 2 is 1.85 bits per heavy atom. The number of ether oxygens (including phenoxy) is 2. The van der Waals surface area contributed by atoms with Gasteiger partial charge < -0.3 is 24.5 Å². The van der Waals surface area contributed by atoms with Gasteiger partial charge in [0.25, 0.3) is 15.9 Å². The number of aryl methyl sites for hydroxylation is 1. The highest BCUT2D eigenvalue weighted by atomic mass is 35.5. The predicted molar refractivity (Wildman–Crippen MR) is 119 cm³/mol. The molecule has 2 amide bonds. The van der Waals surface area contributed by atoms with Gasteiger partial charge in [0.1, 0.15) is 17.0 Å². The van der Waals surface area contributed by atoms with E-state index in [1.165, 1.54) is 36.1 Å². The number of amides is 2. The zero-order valence-electron chi connectivity index (χ0n) is 17.6. The summed E-state index contributed by atoms with van der Waals surface area (Å²) in [6.45, 7) is 0.382. The molecule has 0 spiro atoms. The molecular formula is C21H20ClN3O7S. The van der Waals surface area contributed by atoms with Crippen molar-refractivity contribution in [1.29, 1.82) is 0 Å². The van der Waals surface area contributed by atoms with Crippen LogP contribution in [0.1, 0.15) is 16.1 Å². The van der Waals surface area contributed by atoms with Crippen LogP contribution in [-0.4, -0.2) is 50.4 Å². The summed E-state index contributed by atoms with van der Waals surface area (Å²) in [5.74, 6) is 0.134. The quantitative estimate of drug-likeness (QED) is 0.479. The lowest BCUT2D eigenvalue weighted by atomic mass is 9.88.